The lowest BCUT2D eigenvalue weighted by molar-refractivity contribution is 0.0866. The topological polar surface area (TPSA) is 108 Å². The van der Waals surface area contributed by atoms with Gasteiger partial charge in [0.15, 0.2) is 0 Å². The Morgan fingerprint density at radius 1 is 1.02 bits per heavy atom. The SMILES string of the molecule is Cc1cncc([C@H](Nc2cc(Cl)c3ncc(C#N)c(Nc4ccc(F)c(Cl)c4)c3c2)c2cn(C3CCN(C(C)(C)C)CC3)nn2)c1. The average Bonchev–Trinajstić information content (AvgIpc) is 3.52. The van der Waals surface area contributed by atoms with E-state index in [0.29, 0.717) is 38.6 Å². The predicted molar refractivity (Wildman–Crippen MR) is 180 cm³/mol. The molecule has 0 amide bonds. The van der Waals surface area contributed by atoms with Gasteiger partial charge in [0.2, 0.25) is 0 Å². The lowest BCUT2D eigenvalue weighted by atomic mass is 9.98. The van der Waals surface area contributed by atoms with Gasteiger partial charge in [-0.1, -0.05) is 34.5 Å². The molecule has 6 rings (SSSR count). The van der Waals surface area contributed by atoms with Crippen LogP contribution < -0.4 is 10.6 Å². The van der Waals surface area contributed by atoms with Crippen molar-refractivity contribution in [3.63, 3.8) is 0 Å². The van der Waals surface area contributed by atoms with Crippen LogP contribution in [0.1, 0.15) is 68.1 Å². The fourth-order valence-corrected chi connectivity index (χ4v) is 6.36. The van der Waals surface area contributed by atoms with E-state index in [1.165, 1.54) is 18.3 Å². The number of fused-ring (bicyclic) bond motifs is 1. The van der Waals surface area contributed by atoms with Crippen molar-refractivity contribution in [1.29, 1.82) is 5.26 Å². The molecule has 1 fully saturated rings. The molecule has 0 bridgehead atoms. The van der Waals surface area contributed by atoms with Crippen molar-refractivity contribution in [2.45, 2.75) is 58.2 Å². The first-order chi connectivity index (χ1) is 22.0. The first-order valence-electron chi connectivity index (χ1n) is 15.1. The van der Waals surface area contributed by atoms with Crippen molar-refractivity contribution in [3.05, 3.63) is 99.4 Å². The fraction of sp³-hybridized carbons (Fsp3) is 0.324. The summed E-state index contributed by atoms with van der Waals surface area (Å²) >= 11 is 12.8. The summed E-state index contributed by atoms with van der Waals surface area (Å²) in [5.74, 6) is -0.536. The molecule has 12 heteroatoms. The minimum atomic E-state index is -0.536. The van der Waals surface area contributed by atoms with Crippen LogP contribution in [0.4, 0.5) is 21.5 Å². The molecule has 2 aromatic carbocycles. The fourth-order valence-electron chi connectivity index (χ4n) is 5.91. The molecule has 46 heavy (non-hydrogen) atoms. The van der Waals surface area contributed by atoms with Crippen molar-refractivity contribution < 1.29 is 4.39 Å². The number of pyridine rings is 2. The van der Waals surface area contributed by atoms with Crippen LogP contribution in [0.15, 0.2) is 61.2 Å². The van der Waals surface area contributed by atoms with E-state index >= 15 is 0 Å². The van der Waals surface area contributed by atoms with Crippen LogP contribution in [0, 0.1) is 24.1 Å². The van der Waals surface area contributed by atoms with E-state index in [4.69, 9.17) is 23.2 Å². The normalized spacial score (nSPS) is 15.1. The van der Waals surface area contributed by atoms with E-state index in [2.05, 4.69) is 68.7 Å². The van der Waals surface area contributed by atoms with Gasteiger partial charge in [0.05, 0.1) is 45.1 Å². The van der Waals surface area contributed by atoms with Gasteiger partial charge < -0.3 is 10.6 Å². The molecule has 2 N–H and O–H groups in total. The Morgan fingerprint density at radius 3 is 2.48 bits per heavy atom. The minimum Gasteiger partial charge on any atom is -0.373 e. The van der Waals surface area contributed by atoms with Crippen LogP contribution in [-0.4, -0.2) is 48.5 Å². The molecule has 4 heterocycles. The van der Waals surface area contributed by atoms with Crippen molar-refractivity contribution >= 4 is 51.2 Å². The lowest BCUT2D eigenvalue weighted by Crippen LogP contribution is -2.46. The zero-order chi connectivity index (χ0) is 32.6. The molecule has 1 aliphatic rings. The number of aryl methyl sites for hydroxylation is 1. The molecule has 0 saturated carbocycles. The van der Waals surface area contributed by atoms with Crippen LogP contribution in [0.2, 0.25) is 10.0 Å². The summed E-state index contributed by atoms with van der Waals surface area (Å²) in [5.41, 5.74) is 5.26. The molecule has 5 aromatic rings. The Labute approximate surface area is 277 Å². The third kappa shape index (κ3) is 6.63. The molecule has 236 valence electrons. The van der Waals surface area contributed by atoms with Gasteiger partial charge in [-0.15, -0.1) is 5.10 Å². The van der Waals surface area contributed by atoms with Gasteiger partial charge in [0.25, 0.3) is 0 Å². The van der Waals surface area contributed by atoms with E-state index in [0.717, 1.165) is 42.8 Å². The number of benzene rings is 2. The summed E-state index contributed by atoms with van der Waals surface area (Å²) < 4.78 is 15.9. The third-order valence-electron chi connectivity index (χ3n) is 8.39. The van der Waals surface area contributed by atoms with Gasteiger partial charge >= 0.3 is 0 Å². The number of nitrogens with zero attached hydrogens (tertiary/aromatic N) is 7. The Bertz CT molecular complexity index is 1940. The number of hydrogen-bond acceptors (Lipinski definition) is 8. The molecule has 1 saturated heterocycles. The Kier molecular flexibility index (Phi) is 8.84. The standard InChI is InChI=1S/C34H34Cl2FN9/c1-20-11-21(17-39-16-20)32(30-19-46(44-43-30)25-7-9-45(10-8-25)34(2,3)4)42-24-12-26-31(41-23-5-6-29(37)27(35)13-23)22(15-38)18-40-33(26)28(36)14-24/h5-6,11-14,16-19,25,32,42H,7-10H2,1-4H3,(H,40,41)/t32-/m0/s1. The quantitative estimate of drug-likeness (QED) is 0.180. The predicted octanol–water partition coefficient (Wildman–Crippen LogP) is 8.23. The summed E-state index contributed by atoms with van der Waals surface area (Å²) in [4.78, 5) is 11.4. The van der Waals surface area contributed by atoms with Gasteiger partial charge in [-0.25, -0.2) is 9.07 Å². The van der Waals surface area contributed by atoms with Gasteiger partial charge in [0.1, 0.15) is 17.6 Å². The number of rotatable bonds is 7. The molecule has 0 radical (unpaired) electrons. The highest BCUT2D eigenvalue weighted by Crippen LogP contribution is 2.37. The maximum Gasteiger partial charge on any atom is 0.141 e. The zero-order valence-electron chi connectivity index (χ0n) is 26.0. The number of nitriles is 1. The third-order valence-corrected chi connectivity index (χ3v) is 8.96. The van der Waals surface area contributed by atoms with Crippen molar-refractivity contribution in [2.24, 2.45) is 0 Å². The number of hydrogen-bond donors (Lipinski definition) is 2. The Balaban J connectivity index is 1.36. The van der Waals surface area contributed by atoms with E-state index < -0.39 is 11.9 Å². The van der Waals surface area contributed by atoms with Crippen LogP contribution in [0.25, 0.3) is 10.9 Å². The summed E-state index contributed by atoms with van der Waals surface area (Å²) in [7, 11) is 0. The summed E-state index contributed by atoms with van der Waals surface area (Å²) in [6, 6.07) is 12.1. The average molecular weight is 659 g/mol. The first kappa shape index (κ1) is 31.7. The van der Waals surface area contributed by atoms with E-state index in [9.17, 15) is 9.65 Å². The number of piperidine rings is 1. The molecule has 0 aliphatic carbocycles. The maximum absolute atomic E-state index is 13.9. The molecule has 0 unspecified atom stereocenters. The Hall–Kier alpha value is -4.30. The van der Waals surface area contributed by atoms with Gasteiger partial charge in [-0.2, -0.15) is 5.26 Å². The van der Waals surface area contributed by atoms with Crippen molar-refractivity contribution in [3.8, 4) is 6.07 Å². The molecule has 9 nitrogen and oxygen atoms in total. The van der Waals surface area contributed by atoms with Crippen LogP contribution >= 0.6 is 23.2 Å². The maximum atomic E-state index is 13.9. The van der Waals surface area contributed by atoms with E-state index in [1.807, 2.05) is 36.3 Å². The number of aromatic nitrogens is 5. The summed E-state index contributed by atoms with van der Waals surface area (Å²) in [6.07, 6.45) is 9.08. The van der Waals surface area contributed by atoms with Crippen LogP contribution in [-0.2, 0) is 0 Å². The Morgan fingerprint density at radius 2 is 1.78 bits per heavy atom. The minimum absolute atomic E-state index is 0.0373. The molecular formula is C34H34Cl2FN9. The smallest absolute Gasteiger partial charge is 0.141 e. The number of nitrogens with one attached hydrogen (secondary N) is 2. The first-order valence-corrected chi connectivity index (χ1v) is 15.8. The number of halogens is 3. The zero-order valence-corrected chi connectivity index (χ0v) is 27.5. The van der Waals surface area contributed by atoms with Gasteiger partial charge in [-0.05, 0) is 82.0 Å². The molecular weight excluding hydrogens is 624 g/mol. The van der Waals surface area contributed by atoms with E-state index in [1.54, 1.807) is 12.1 Å². The van der Waals surface area contributed by atoms with Crippen LogP contribution in [0.5, 0.6) is 0 Å². The molecule has 1 aliphatic heterocycles. The molecule has 3 aromatic heterocycles. The van der Waals surface area contributed by atoms with Gasteiger partial charge in [-0.3, -0.25) is 14.9 Å². The summed E-state index contributed by atoms with van der Waals surface area (Å²) in [5, 5.41) is 26.9. The lowest BCUT2D eigenvalue weighted by Gasteiger charge is -2.40. The second kappa shape index (κ2) is 12.8. The number of anilines is 3. The van der Waals surface area contributed by atoms with Crippen LogP contribution in [0.3, 0.4) is 0 Å². The highest BCUT2D eigenvalue weighted by molar-refractivity contribution is 6.36. The second-order valence-electron chi connectivity index (χ2n) is 12.7. The number of likely N-dealkylation sites (tertiary alicyclic amines) is 1. The highest BCUT2D eigenvalue weighted by Gasteiger charge is 2.29. The largest absolute Gasteiger partial charge is 0.373 e. The van der Waals surface area contributed by atoms with Crippen molar-refractivity contribution in [2.75, 3.05) is 23.7 Å². The highest BCUT2D eigenvalue weighted by atomic mass is 35.5. The summed E-state index contributed by atoms with van der Waals surface area (Å²) in [6.45, 7) is 10.8. The van der Waals surface area contributed by atoms with Gasteiger partial charge in [0, 0.05) is 54.0 Å². The van der Waals surface area contributed by atoms with E-state index in [-0.39, 0.29) is 16.6 Å². The second-order valence-corrected chi connectivity index (χ2v) is 13.5. The monoisotopic (exact) mass is 657 g/mol. The molecule has 1 atom stereocenters. The molecule has 0 spiro atoms. The van der Waals surface area contributed by atoms with Crippen molar-refractivity contribution in [1.82, 2.24) is 29.9 Å².